The van der Waals surface area contributed by atoms with Crippen LogP contribution in [0.3, 0.4) is 0 Å². The molecular weight excluding hydrogens is 892 g/mol. The SMILES string of the molecule is COc1ccc(OC)c(C=Cc2ccc(N3C(=O)C4CC=C5C(CC6C(=O)N(c7cc(-c8sc9ccc(Cl)cc9c8C)nn7C)C(=O)C6(C)C5c5c(O)cc(OC)cc5OC)C4C3=O)cc2)c1. The monoisotopic (exact) mass is 938 g/mol. The largest absolute Gasteiger partial charge is 0.507 e. The van der Waals surface area contributed by atoms with Crippen molar-refractivity contribution in [2.45, 2.75) is 32.6 Å². The van der Waals surface area contributed by atoms with Gasteiger partial charge in [-0.2, -0.15) is 5.10 Å². The highest BCUT2D eigenvalue weighted by atomic mass is 35.5. The number of aryl methyl sites for hydroxylation is 2. The molecule has 2 saturated heterocycles. The highest BCUT2D eigenvalue weighted by molar-refractivity contribution is 7.22. The summed E-state index contributed by atoms with van der Waals surface area (Å²) in [6, 6.07) is 23.2. The number of phenols is 1. The Morgan fingerprint density at radius 2 is 1.55 bits per heavy atom. The summed E-state index contributed by atoms with van der Waals surface area (Å²) in [7, 11) is 7.83. The molecule has 342 valence electrons. The van der Waals surface area contributed by atoms with Crippen LogP contribution >= 0.6 is 22.9 Å². The van der Waals surface area contributed by atoms with E-state index in [1.54, 1.807) is 68.5 Å². The number of benzene rings is 4. The molecule has 67 heavy (non-hydrogen) atoms. The zero-order chi connectivity index (χ0) is 47.2. The smallest absolute Gasteiger partial charge is 0.242 e. The molecule has 3 fully saturated rings. The summed E-state index contributed by atoms with van der Waals surface area (Å²) in [4.78, 5) is 63.3. The molecule has 10 rings (SSSR count). The number of ether oxygens (including phenoxy) is 4. The van der Waals surface area contributed by atoms with Crippen molar-refractivity contribution in [3.8, 4) is 39.3 Å². The predicted molar refractivity (Wildman–Crippen MR) is 257 cm³/mol. The minimum Gasteiger partial charge on any atom is -0.507 e. The van der Waals surface area contributed by atoms with Crippen molar-refractivity contribution in [1.82, 2.24) is 9.78 Å². The molecule has 2 aliphatic heterocycles. The molecule has 4 aromatic carbocycles. The van der Waals surface area contributed by atoms with Crippen molar-refractivity contribution in [1.29, 1.82) is 0 Å². The first kappa shape index (κ1) is 44.0. The van der Waals surface area contributed by atoms with Crippen LogP contribution in [-0.4, -0.2) is 67.0 Å². The lowest BCUT2D eigenvalue weighted by molar-refractivity contribution is -0.131. The molecule has 4 heterocycles. The Kier molecular flexibility index (Phi) is 10.8. The number of nitrogens with zero attached hydrogens (tertiary/aromatic N) is 4. The molecule has 13 nitrogen and oxygen atoms in total. The molecule has 0 radical (unpaired) electrons. The molecule has 1 N–H and O–H groups in total. The zero-order valence-electron chi connectivity index (χ0n) is 37.8. The number of imide groups is 2. The van der Waals surface area contributed by atoms with Gasteiger partial charge in [0.2, 0.25) is 23.6 Å². The van der Waals surface area contributed by atoms with Crippen LogP contribution in [0.2, 0.25) is 5.02 Å². The van der Waals surface area contributed by atoms with Crippen molar-refractivity contribution >= 4 is 80.3 Å². The third kappa shape index (κ3) is 6.74. The van der Waals surface area contributed by atoms with Crippen LogP contribution in [0.15, 0.2) is 90.5 Å². The summed E-state index contributed by atoms with van der Waals surface area (Å²) >= 11 is 7.91. The molecule has 6 atom stereocenters. The fourth-order valence-corrected chi connectivity index (χ4v) is 12.4. The minimum atomic E-state index is -1.47. The van der Waals surface area contributed by atoms with Gasteiger partial charge in [-0.25, -0.2) is 4.90 Å². The minimum absolute atomic E-state index is 0.117. The van der Waals surface area contributed by atoms with E-state index in [2.05, 4.69) is 0 Å². The van der Waals surface area contributed by atoms with Gasteiger partial charge >= 0.3 is 0 Å². The fourth-order valence-electron chi connectivity index (χ4n) is 11.1. The molecule has 2 aromatic heterocycles. The average Bonchev–Trinajstić information content (AvgIpc) is 4.00. The molecule has 15 heteroatoms. The van der Waals surface area contributed by atoms with Crippen molar-refractivity contribution in [2.24, 2.45) is 36.1 Å². The van der Waals surface area contributed by atoms with Crippen LogP contribution < -0.4 is 28.7 Å². The van der Waals surface area contributed by atoms with Crippen LogP contribution in [0.1, 0.15) is 47.9 Å². The maximum Gasteiger partial charge on any atom is 0.242 e. The van der Waals surface area contributed by atoms with Gasteiger partial charge < -0.3 is 24.1 Å². The zero-order valence-corrected chi connectivity index (χ0v) is 39.4. The first-order chi connectivity index (χ1) is 32.2. The first-order valence-corrected chi connectivity index (χ1v) is 23.1. The van der Waals surface area contributed by atoms with Crippen molar-refractivity contribution in [2.75, 3.05) is 38.2 Å². The normalized spacial score (nSPS) is 23.5. The van der Waals surface area contributed by atoms with Gasteiger partial charge in [-0.05, 0) is 97.7 Å². The van der Waals surface area contributed by atoms with Crippen LogP contribution in [0.5, 0.6) is 28.7 Å². The first-order valence-electron chi connectivity index (χ1n) is 21.9. The van der Waals surface area contributed by atoms with Crippen molar-refractivity contribution in [3.63, 3.8) is 0 Å². The summed E-state index contributed by atoms with van der Waals surface area (Å²) < 4.78 is 24.9. The van der Waals surface area contributed by atoms with Crippen molar-refractivity contribution in [3.05, 3.63) is 118 Å². The number of thiophene rings is 1. The Balaban J connectivity index is 1.02. The predicted octanol–water partition coefficient (Wildman–Crippen LogP) is 9.61. The number of hydrogen-bond acceptors (Lipinski definition) is 11. The van der Waals surface area contributed by atoms with E-state index in [4.69, 9.17) is 35.6 Å². The van der Waals surface area contributed by atoms with Gasteiger partial charge in [0.15, 0.2) is 0 Å². The van der Waals surface area contributed by atoms with Crippen LogP contribution in [-0.2, 0) is 26.2 Å². The molecule has 1 saturated carbocycles. The molecule has 4 aliphatic rings. The highest BCUT2D eigenvalue weighted by Crippen LogP contribution is 2.66. The maximum absolute atomic E-state index is 15.4. The summed E-state index contributed by atoms with van der Waals surface area (Å²) in [6.45, 7) is 3.76. The average molecular weight is 939 g/mol. The number of phenolic OH excluding ortho intramolecular Hbond substituents is 1. The molecule has 0 bridgehead atoms. The maximum atomic E-state index is 15.4. The van der Waals surface area contributed by atoms with Gasteiger partial charge in [0.05, 0.1) is 62.2 Å². The highest BCUT2D eigenvalue weighted by Gasteiger charge is 2.68. The standard InChI is InChI=1S/C52H47ClN4O9S/c1-26-35-21-29(53)12-19-42(35)67-47(26)38-25-43(55(3)54-38)57-49(60)37-24-36-33(46(52(37,2)51(57)62)45-39(58)22-32(64-5)23-41(45)66-7)16-17-34-44(36)50(61)56(48(34)59)30-13-9-27(10-14-30)8-11-28-20-31(63-4)15-18-40(28)65-6/h8-16,18-23,25,34,36-37,44,46,58H,17,24H2,1-7H3. The number of aromatic nitrogens is 2. The summed E-state index contributed by atoms with van der Waals surface area (Å²) in [5.74, 6) is -3.69. The number of rotatable bonds is 10. The van der Waals surface area contributed by atoms with Gasteiger partial charge in [-0.3, -0.25) is 28.8 Å². The second-order valence-electron chi connectivity index (χ2n) is 17.7. The third-order valence-electron chi connectivity index (χ3n) is 14.4. The van der Waals surface area contributed by atoms with Gasteiger partial charge in [0, 0.05) is 52.0 Å². The fraction of sp³-hybridized carbons (Fsp3) is 0.288. The summed E-state index contributed by atoms with van der Waals surface area (Å²) in [6.07, 6.45) is 6.08. The summed E-state index contributed by atoms with van der Waals surface area (Å²) in [5.41, 5.74) is 3.16. The lowest BCUT2D eigenvalue weighted by Gasteiger charge is -2.49. The number of carbonyl (C=O) groups is 4. The second-order valence-corrected chi connectivity index (χ2v) is 19.2. The molecule has 2 aliphatic carbocycles. The van der Waals surface area contributed by atoms with E-state index in [1.165, 1.54) is 30.1 Å². The van der Waals surface area contributed by atoms with Crippen LogP contribution in [0, 0.1) is 36.0 Å². The number of methoxy groups -OCH3 is 4. The van der Waals surface area contributed by atoms with E-state index in [0.717, 1.165) is 31.7 Å². The quantitative estimate of drug-likeness (QED) is 0.0800. The molecule has 4 amide bonds. The number of fused-ring (bicyclic) bond motifs is 5. The van der Waals surface area contributed by atoms with Crippen molar-refractivity contribution < 1.29 is 43.2 Å². The molecule has 6 unspecified atom stereocenters. The number of hydrogen-bond donors (Lipinski definition) is 1. The molecule has 0 spiro atoms. The van der Waals surface area contributed by atoms with E-state index >= 15 is 9.59 Å². The van der Waals surface area contributed by atoms with E-state index < -0.39 is 46.8 Å². The van der Waals surface area contributed by atoms with E-state index in [1.807, 2.05) is 73.7 Å². The van der Waals surface area contributed by atoms with E-state index in [-0.39, 0.29) is 42.0 Å². The lowest BCUT2D eigenvalue weighted by atomic mass is 9.51. The number of anilines is 2. The molecule has 6 aromatic rings. The molecular formula is C52H47ClN4O9S. The lowest BCUT2D eigenvalue weighted by Crippen LogP contribution is -2.49. The Morgan fingerprint density at radius 3 is 2.27 bits per heavy atom. The number of amides is 4. The Labute approximate surface area is 395 Å². The van der Waals surface area contributed by atoms with E-state index in [9.17, 15) is 14.7 Å². The number of halogens is 1. The third-order valence-corrected chi connectivity index (χ3v) is 15.9. The van der Waals surface area contributed by atoms with Gasteiger partial charge in [0.25, 0.3) is 0 Å². The van der Waals surface area contributed by atoms with Crippen LogP contribution in [0.4, 0.5) is 11.5 Å². The number of carbonyl (C=O) groups excluding carboxylic acids is 4. The Morgan fingerprint density at radius 1 is 0.806 bits per heavy atom. The van der Waals surface area contributed by atoms with Gasteiger partial charge in [-0.15, -0.1) is 11.3 Å². The Hall–Kier alpha value is -6.90. The Bertz CT molecular complexity index is 3140. The van der Waals surface area contributed by atoms with Gasteiger partial charge in [0.1, 0.15) is 40.3 Å². The topological polar surface area (TPSA) is 150 Å². The second kappa shape index (κ2) is 16.5. The van der Waals surface area contributed by atoms with Crippen LogP contribution in [0.25, 0.3) is 32.8 Å². The number of allylic oxidation sites excluding steroid dienone is 2. The summed E-state index contributed by atoms with van der Waals surface area (Å²) in [5, 5.41) is 18.3. The number of aromatic hydroxyl groups is 1. The van der Waals surface area contributed by atoms with E-state index in [0.29, 0.717) is 44.8 Å². The van der Waals surface area contributed by atoms with Gasteiger partial charge in [-0.1, -0.05) is 47.5 Å².